The van der Waals surface area contributed by atoms with Crippen LogP contribution in [0, 0.1) is 13.8 Å². The molecule has 30 heavy (non-hydrogen) atoms. The summed E-state index contributed by atoms with van der Waals surface area (Å²) < 4.78 is 13.3. The molecule has 0 saturated carbocycles. The summed E-state index contributed by atoms with van der Waals surface area (Å²) in [5.41, 5.74) is 2.95. The standard InChI is InChI=1S/C22H26N4O3S/c1-5-28-19-11-7-6-10-17(19)23-21(27)14-30-22-25-24-20(26(22)4)13-29-18-12-8-9-15(2)16(18)3/h6-12H,5,13-14H2,1-4H3,(H,23,27). The Kier molecular flexibility index (Phi) is 7.35. The normalized spacial score (nSPS) is 10.7. The first-order chi connectivity index (χ1) is 14.5. The zero-order valence-electron chi connectivity index (χ0n) is 17.6. The summed E-state index contributed by atoms with van der Waals surface area (Å²) in [6, 6.07) is 13.3. The summed E-state index contributed by atoms with van der Waals surface area (Å²) in [6.45, 7) is 6.84. The highest BCUT2D eigenvalue weighted by atomic mass is 32.2. The lowest BCUT2D eigenvalue weighted by Gasteiger charge is -2.11. The number of anilines is 1. The molecule has 0 aliphatic carbocycles. The molecule has 3 rings (SSSR count). The number of aryl methyl sites for hydroxylation is 1. The van der Waals surface area contributed by atoms with Crippen molar-refractivity contribution in [3.63, 3.8) is 0 Å². The van der Waals surface area contributed by atoms with Crippen molar-refractivity contribution in [1.29, 1.82) is 0 Å². The molecule has 1 heterocycles. The summed E-state index contributed by atoms with van der Waals surface area (Å²) in [6.07, 6.45) is 0. The second-order valence-corrected chi connectivity index (χ2v) is 7.65. The molecule has 8 heteroatoms. The fraction of sp³-hybridized carbons (Fsp3) is 0.318. The Morgan fingerprint density at radius 3 is 2.63 bits per heavy atom. The Balaban J connectivity index is 1.56. The number of thioether (sulfide) groups is 1. The lowest BCUT2D eigenvalue weighted by Crippen LogP contribution is -2.15. The van der Waals surface area contributed by atoms with Gasteiger partial charge in [0.05, 0.1) is 18.0 Å². The Morgan fingerprint density at radius 2 is 1.83 bits per heavy atom. The van der Waals surface area contributed by atoms with Crippen LogP contribution in [0.15, 0.2) is 47.6 Å². The molecule has 0 fully saturated rings. The molecule has 0 saturated heterocycles. The van der Waals surface area contributed by atoms with Gasteiger partial charge < -0.3 is 19.4 Å². The third kappa shape index (κ3) is 5.33. The van der Waals surface area contributed by atoms with Crippen molar-refractivity contribution in [2.45, 2.75) is 32.5 Å². The number of rotatable bonds is 9. The van der Waals surface area contributed by atoms with Gasteiger partial charge in [0.25, 0.3) is 0 Å². The molecular formula is C22H26N4O3S. The maximum atomic E-state index is 12.4. The molecule has 0 spiro atoms. The molecule has 1 amide bonds. The highest BCUT2D eigenvalue weighted by Crippen LogP contribution is 2.25. The number of para-hydroxylation sites is 2. The van der Waals surface area contributed by atoms with E-state index in [1.54, 1.807) is 0 Å². The number of carbonyl (C=O) groups is 1. The van der Waals surface area contributed by atoms with Gasteiger partial charge in [-0.1, -0.05) is 36.0 Å². The maximum absolute atomic E-state index is 12.4. The van der Waals surface area contributed by atoms with Crippen LogP contribution in [0.2, 0.25) is 0 Å². The van der Waals surface area contributed by atoms with Crippen molar-refractivity contribution in [3.05, 3.63) is 59.4 Å². The van der Waals surface area contributed by atoms with Crippen LogP contribution in [0.5, 0.6) is 11.5 Å². The molecule has 0 unspecified atom stereocenters. The van der Waals surface area contributed by atoms with Gasteiger partial charge >= 0.3 is 0 Å². The highest BCUT2D eigenvalue weighted by Gasteiger charge is 2.14. The summed E-state index contributed by atoms with van der Waals surface area (Å²) in [4.78, 5) is 12.4. The third-order valence-corrected chi connectivity index (χ3v) is 5.65. The van der Waals surface area contributed by atoms with Crippen LogP contribution in [-0.2, 0) is 18.4 Å². The Labute approximate surface area is 180 Å². The number of amides is 1. The molecule has 1 aromatic heterocycles. The van der Waals surface area contributed by atoms with Gasteiger partial charge in [-0.3, -0.25) is 4.79 Å². The predicted octanol–water partition coefficient (Wildman–Crippen LogP) is 4.14. The Morgan fingerprint density at radius 1 is 1.07 bits per heavy atom. The van der Waals surface area contributed by atoms with Crippen molar-refractivity contribution in [2.75, 3.05) is 17.7 Å². The largest absolute Gasteiger partial charge is 0.492 e. The first-order valence-corrected chi connectivity index (χ1v) is 10.7. The quantitative estimate of drug-likeness (QED) is 0.518. The fourth-order valence-corrected chi connectivity index (χ4v) is 3.52. The number of hydrogen-bond acceptors (Lipinski definition) is 6. The fourth-order valence-electron chi connectivity index (χ4n) is 2.79. The van der Waals surface area contributed by atoms with Crippen molar-refractivity contribution >= 4 is 23.4 Å². The molecule has 0 radical (unpaired) electrons. The van der Waals surface area contributed by atoms with Crippen LogP contribution >= 0.6 is 11.8 Å². The van der Waals surface area contributed by atoms with Crippen molar-refractivity contribution in [1.82, 2.24) is 14.8 Å². The van der Waals surface area contributed by atoms with Crippen molar-refractivity contribution in [2.24, 2.45) is 7.05 Å². The number of benzene rings is 2. The van der Waals surface area contributed by atoms with Crippen LogP contribution in [0.3, 0.4) is 0 Å². The smallest absolute Gasteiger partial charge is 0.234 e. The summed E-state index contributed by atoms with van der Waals surface area (Å²) in [5.74, 6) is 2.26. The molecule has 1 N–H and O–H groups in total. The van der Waals surface area contributed by atoms with Crippen LogP contribution in [0.1, 0.15) is 23.9 Å². The Hall–Kier alpha value is -3.00. The number of nitrogens with one attached hydrogen (secondary N) is 1. The second kappa shape index (κ2) is 10.2. The van der Waals surface area contributed by atoms with Crippen LogP contribution in [0.25, 0.3) is 0 Å². The lowest BCUT2D eigenvalue weighted by molar-refractivity contribution is -0.113. The summed E-state index contributed by atoms with van der Waals surface area (Å²) in [7, 11) is 1.87. The molecule has 3 aromatic rings. The minimum atomic E-state index is -0.136. The number of carbonyl (C=O) groups excluding carboxylic acids is 1. The molecular weight excluding hydrogens is 400 g/mol. The molecule has 0 bridgehead atoms. The maximum Gasteiger partial charge on any atom is 0.234 e. The van der Waals surface area contributed by atoms with Gasteiger partial charge in [0, 0.05) is 7.05 Å². The van der Waals surface area contributed by atoms with Crippen molar-refractivity contribution in [3.8, 4) is 11.5 Å². The molecule has 0 aliphatic rings. The van der Waals surface area contributed by atoms with Gasteiger partial charge in [-0.05, 0) is 50.1 Å². The SMILES string of the molecule is CCOc1ccccc1NC(=O)CSc1nnc(COc2cccc(C)c2C)n1C. The van der Waals surface area contributed by atoms with E-state index in [0.717, 1.165) is 11.3 Å². The van der Waals surface area contributed by atoms with E-state index in [1.165, 1.54) is 17.3 Å². The minimum absolute atomic E-state index is 0.136. The molecule has 0 atom stereocenters. The zero-order valence-corrected chi connectivity index (χ0v) is 18.5. The first kappa shape index (κ1) is 21.7. The van der Waals surface area contributed by atoms with Crippen LogP contribution in [-0.4, -0.2) is 33.0 Å². The van der Waals surface area contributed by atoms with Crippen LogP contribution in [0.4, 0.5) is 5.69 Å². The third-order valence-electron chi connectivity index (χ3n) is 4.63. The summed E-state index contributed by atoms with van der Waals surface area (Å²) in [5, 5.41) is 11.9. The van der Waals surface area contributed by atoms with E-state index in [0.29, 0.717) is 35.6 Å². The Bertz CT molecular complexity index is 1020. The van der Waals surface area contributed by atoms with E-state index in [4.69, 9.17) is 9.47 Å². The van der Waals surface area contributed by atoms with Crippen molar-refractivity contribution < 1.29 is 14.3 Å². The van der Waals surface area contributed by atoms with E-state index < -0.39 is 0 Å². The van der Waals surface area contributed by atoms with Gasteiger partial charge in [0.2, 0.25) is 5.91 Å². The predicted molar refractivity (Wildman–Crippen MR) is 118 cm³/mol. The number of nitrogens with zero attached hydrogens (tertiary/aromatic N) is 3. The van der Waals surface area contributed by atoms with Gasteiger partial charge in [0.15, 0.2) is 11.0 Å². The second-order valence-electron chi connectivity index (χ2n) is 6.71. The van der Waals surface area contributed by atoms with E-state index in [1.807, 2.05) is 61.9 Å². The van der Waals surface area contributed by atoms with Gasteiger partial charge in [-0.2, -0.15) is 0 Å². The number of hydrogen-bond donors (Lipinski definition) is 1. The molecule has 0 aliphatic heterocycles. The van der Waals surface area contributed by atoms with E-state index >= 15 is 0 Å². The zero-order chi connectivity index (χ0) is 21.5. The topological polar surface area (TPSA) is 78.3 Å². The van der Waals surface area contributed by atoms with E-state index in [2.05, 4.69) is 28.5 Å². The highest BCUT2D eigenvalue weighted by molar-refractivity contribution is 7.99. The molecule has 7 nitrogen and oxygen atoms in total. The lowest BCUT2D eigenvalue weighted by atomic mass is 10.1. The van der Waals surface area contributed by atoms with E-state index in [9.17, 15) is 4.79 Å². The molecule has 158 valence electrons. The van der Waals surface area contributed by atoms with E-state index in [-0.39, 0.29) is 11.7 Å². The molecule has 2 aromatic carbocycles. The monoisotopic (exact) mass is 426 g/mol. The number of aromatic nitrogens is 3. The van der Waals surface area contributed by atoms with Gasteiger partial charge in [-0.15, -0.1) is 10.2 Å². The average Bonchev–Trinajstić information content (AvgIpc) is 3.09. The number of ether oxygens (including phenoxy) is 2. The average molecular weight is 427 g/mol. The van der Waals surface area contributed by atoms with Gasteiger partial charge in [-0.25, -0.2) is 0 Å². The minimum Gasteiger partial charge on any atom is -0.492 e. The van der Waals surface area contributed by atoms with Gasteiger partial charge in [0.1, 0.15) is 18.1 Å². The first-order valence-electron chi connectivity index (χ1n) is 9.71. The van der Waals surface area contributed by atoms with Crippen LogP contribution < -0.4 is 14.8 Å². The summed E-state index contributed by atoms with van der Waals surface area (Å²) >= 11 is 1.32.